The van der Waals surface area contributed by atoms with Crippen molar-refractivity contribution in [3.63, 3.8) is 0 Å². The van der Waals surface area contributed by atoms with Gasteiger partial charge in [-0.2, -0.15) is 16.1 Å². The third-order valence-corrected chi connectivity index (χ3v) is 6.18. The van der Waals surface area contributed by atoms with Crippen LogP contribution in [0.5, 0.6) is 0 Å². The second-order valence-corrected chi connectivity index (χ2v) is 8.39. The van der Waals surface area contributed by atoms with Crippen LogP contribution in [-0.2, 0) is 14.8 Å². The topological polar surface area (TPSA) is 113 Å². The Morgan fingerprint density at radius 1 is 1.19 bits per heavy atom. The molecule has 1 amide bonds. The lowest BCUT2D eigenvalue weighted by Crippen LogP contribution is -2.48. The third-order valence-electron chi connectivity index (χ3n) is 3.72. The van der Waals surface area contributed by atoms with Crippen LogP contribution in [0.15, 0.2) is 33.9 Å². The maximum absolute atomic E-state index is 12.7. The summed E-state index contributed by atoms with van der Waals surface area (Å²) in [7, 11) is -4.06. The van der Waals surface area contributed by atoms with E-state index in [2.05, 4.69) is 10.0 Å². The van der Waals surface area contributed by atoms with E-state index in [1.807, 2.05) is 6.92 Å². The van der Waals surface area contributed by atoms with Crippen molar-refractivity contribution in [2.75, 3.05) is 6.54 Å². The largest absolute Gasteiger partial charge is 0.480 e. The molecule has 0 aliphatic heterocycles. The van der Waals surface area contributed by atoms with Crippen LogP contribution < -0.4 is 10.0 Å². The SMILES string of the molecule is Cc1cc(C)c(S(=O)(=O)N[C@H](CNC(=O)c2ccsc2)C(=O)O)c(C)c1. The summed E-state index contributed by atoms with van der Waals surface area (Å²) in [5, 5.41) is 15.1. The number of sulfonamides is 1. The molecule has 0 fully saturated rings. The monoisotopic (exact) mass is 396 g/mol. The normalized spacial score (nSPS) is 12.6. The zero-order valence-corrected chi connectivity index (χ0v) is 16.2. The maximum Gasteiger partial charge on any atom is 0.323 e. The molecule has 1 aromatic heterocycles. The number of aryl methyl sites for hydroxylation is 3. The molecule has 1 atom stereocenters. The summed E-state index contributed by atoms with van der Waals surface area (Å²) in [5.41, 5.74) is 2.37. The summed E-state index contributed by atoms with van der Waals surface area (Å²) in [5.74, 6) is -1.83. The van der Waals surface area contributed by atoms with Crippen molar-refractivity contribution < 1.29 is 23.1 Å². The van der Waals surface area contributed by atoms with Crippen LogP contribution in [0.2, 0.25) is 0 Å². The minimum Gasteiger partial charge on any atom is -0.480 e. The Balaban J connectivity index is 2.19. The number of rotatable bonds is 7. The fourth-order valence-corrected chi connectivity index (χ4v) is 4.98. The van der Waals surface area contributed by atoms with E-state index in [4.69, 9.17) is 0 Å². The van der Waals surface area contributed by atoms with E-state index in [-0.39, 0.29) is 11.4 Å². The van der Waals surface area contributed by atoms with Gasteiger partial charge in [0.25, 0.3) is 5.91 Å². The van der Waals surface area contributed by atoms with Gasteiger partial charge < -0.3 is 10.4 Å². The summed E-state index contributed by atoms with van der Waals surface area (Å²) >= 11 is 1.33. The Hall–Kier alpha value is -2.23. The molecular weight excluding hydrogens is 376 g/mol. The average Bonchev–Trinajstić information content (AvgIpc) is 3.03. The van der Waals surface area contributed by atoms with Gasteiger partial charge in [-0.3, -0.25) is 9.59 Å². The first-order valence-corrected chi connectivity index (χ1v) is 10.2. The van der Waals surface area contributed by atoms with Gasteiger partial charge in [0.2, 0.25) is 10.0 Å². The molecule has 7 nitrogen and oxygen atoms in total. The average molecular weight is 396 g/mol. The molecule has 0 saturated carbocycles. The highest BCUT2D eigenvalue weighted by Crippen LogP contribution is 2.21. The minimum absolute atomic E-state index is 0.0542. The minimum atomic E-state index is -4.06. The lowest BCUT2D eigenvalue weighted by atomic mass is 10.1. The Bertz CT molecular complexity index is 898. The number of amides is 1. The fraction of sp³-hybridized carbons (Fsp3) is 0.294. The first-order chi connectivity index (χ1) is 12.1. The van der Waals surface area contributed by atoms with Gasteiger partial charge in [-0.1, -0.05) is 17.7 Å². The van der Waals surface area contributed by atoms with Gasteiger partial charge in [0, 0.05) is 17.5 Å². The lowest BCUT2D eigenvalue weighted by molar-refractivity contribution is -0.138. The van der Waals surface area contributed by atoms with Crippen molar-refractivity contribution in [2.45, 2.75) is 31.7 Å². The number of thiophene rings is 1. The van der Waals surface area contributed by atoms with E-state index in [9.17, 15) is 23.1 Å². The predicted molar refractivity (Wildman–Crippen MR) is 99.1 cm³/mol. The van der Waals surface area contributed by atoms with Crippen LogP contribution in [0.4, 0.5) is 0 Å². The highest BCUT2D eigenvalue weighted by molar-refractivity contribution is 7.89. The van der Waals surface area contributed by atoms with Crippen molar-refractivity contribution in [3.8, 4) is 0 Å². The number of carbonyl (C=O) groups excluding carboxylic acids is 1. The van der Waals surface area contributed by atoms with Gasteiger partial charge in [0.05, 0.1) is 4.90 Å². The van der Waals surface area contributed by atoms with E-state index in [0.717, 1.165) is 5.56 Å². The van der Waals surface area contributed by atoms with Crippen LogP contribution in [0.1, 0.15) is 27.0 Å². The molecule has 140 valence electrons. The Morgan fingerprint density at radius 2 is 1.81 bits per heavy atom. The Labute approximate surface area is 156 Å². The maximum atomic E-state index is 12.7. The number of carboxylic acids is 1. The molecule has 0 spiro atoms. The second kappa shape index (κ2) is 7.98. The van der Waals surface area contributed by atoms with Crippen molar-refractivity contribution in [1.82, 2.24) is 10.0 Å². The fourth-order valence-electron chi connectivity index (χ4n) is 2.71. The molecule has 1 aromatic carbocycles. The molecule has 3 N–H and O–H groups in total. The summed E-state index contributed by atoms with van der Waals surface area (Å²) in [6, 6.07) is 3.55. The summed E-state index contributed by atoms with van der Waals surface area (Å²) in [6.45, 7) is 4.79. The molecule has 2 aromatic rings. The first kappa shape index (κ1) is 20.1. The molecule has 2 rings (SSSR count). The zero-order valence-electron chi connectivity index (χ0n) is 14.6. The molecule has 1 heterocycles. The van der Waals surface area contributed by atoms with Crippen LogP contribution in [0.3, 0.4) is 0 Å². The Morgan fingerprint density at radius 3 is 2.31 bits per heavy atom. The van der Waals surface area contributed by atoms with Crippen LogP contribution >= 0.6 is 11.3 Å². The molecule has 26 heavy (non-hydrogen) atoms. The van der Waals surface area contributed by atoms with Gasteiger partial charge in [0.1, 0.15) is 6.04 Å². The van der Waals surface area contributed by atoms with Gasteiger partial charge >= 0.3 is 5.97 Å². The summed E-state index contributed by atoms with van der Waals surface area (Å²) < 4.78 is 27.5. The van der Waals surface area contributed by atoms with Crippen molar-refractivity contribution in [2.24, 2.45) is 0 Å². The van der Waals surface area contributed by atoms with E-state index >= 15 is 0 Å². The first-order valence-electron chi connectivity index (χ1n) is 7.75. The van der Waals surface area contributed by atoms with Crippen molar-refractivity contribution >= 4 is 33.2 Å². The molecule has 0 aliphatic rings. The number of carbonyl (C=O) groups is 2. The lowest BCUT2D eigenvalue weighted by Gasteiger charge is -2.18. The molecule has 0 saturated heterocycles. The number of benzene rings is 1. The number of aliphatic carboxylic acids is 1. The number of carboxylic acid groups (broad SMARTS) is 1. The molecule has 9 heteroatoms. The standard InChI is InChI=1S/C17H20N2O5S2/c1-10-6-11(2)15(12(3)7-10)26(23,24)19-14(17(21)22)8-18-16(20)13-4-5-25-9-13/h4-7,9,14,19H,8H2,1-3H3,(H,18,20)(H,21,22)/t14-/m1/s1. The van der Waals surface area contributed by atoms with E-state index in [1.165, 1.54) is 11.3 Å². The van der Waals surface area contributed by atoms with Crippen molar-refractivity contribution in [3.05, 3.63) is 51.2 Å². The third kappa shape index (κ3) is 4.69. The molecule has 0 aliphatic carbocycles. The number of nitrogens with one attached hydrogen (secondary N) is 2. The highest BCUT2D eigenvalue weighted by atomic mass is 32.2. The summed E-state index contributed by atoms with van der Waals surface area (Å²) in [4.78, 5) is 23.4. The van der Waals surface area contributed by atoms with E-state index in [0.29, 0.717) is 16.7 Å². The van der Waals surface area contributed by atoms with Crippen LogP contribution in [-0.4, -0.2) is 38.0 Å². The molecule has 0 radical (unpaired) electrons. The predicted octanol–water partition coefficient (Wildman–Crippen LogP) is 1.83. The number of hydrogen-bond acceptors (Lipinski definition) is 5. The van der Waals surface area contributed by atoms with Gasteiger partial charge in [0.15, 0.2) is 0 Å². The number of hydrogen-bond donors (Lipinski definition) is 3. The van der Waals surface area contributed by atoms with Crippen LogP contribution in [0, 0.1) is 20.8 Å². The molecular formula is C17H20N2O5S2. The molecule has 0 unspecified atom stereocenters. The zero-order chi connectivity index (χ0) is 19.5. The van der Waals surface area contributed by atoms with Gasteiger partial charge in [-0.15, -0.1) is 0 Å². The van der Waals surface area contributed by atoms with Crippen LogP contribution in [0.25, 0.3) is 0 Å². The van der Waals surface area contributed by atoms with E-state index in [1.54, 1.807) is 42.8 Å². The van der Waals surface area contributed by atoms with E-state index < -0.39 is 27.9 Å². The highest BCUT2D eigenvalue weighted by Gasteiger charge is 2.28. The summed E-state index contributed by atoms with van der Waals surface area (Å²) in [6.07, 6.45) is 0. The van der Waals surface area contributed by atoms with Gasteiger partial charge in [-0.05, 0) is 43.3 Å². The molecule has 0 bridgehead atoms. The smallest absolute Gasteiger partial charge is 0.323 e. The Kier molecular flexibility index (Phi) is 6.17. The van der Waals surface area contributed by atoms with Gasteiger partial charge in [-0.25, -0.2) is 8.42 Å². The quantitative estimate of drug-likeness (QED) is 0.661. The second-order valence-electron chi connectivity index (χ2n) is 5.96. The van der Waals surface area contributed by atoms with Crippen molar-refractivity contribution in [1.29, 1.82) is 0 Å².